The fraction of sp³-hybridized carbons (Fsp3) is 0.684. The molecule has 1 N–H and O–H groups in total. The van der Waals surface area contributed by atoms with Crippen molar-refractivity contribution in [3.63, 3.8) is 0 Å². The zero-order valence-corrected chi connectivity index (χ0v) is 16.4. The number of carboxylic acids is 1. The topological polar surface area (TPSA) is 96.6 Å². The minimum absolute atomic E-state index is 0.161. The molecule has 156 valence electrons. The molecule has 1 aromatic heterocycles. The van der Waals surface area contributed by atoms with E-state index >= 15 is 0 Å². The molecule has 0 aromatic carbocycles. The van der Waals surface area contributed by atoms with Gasteiger partial charge in [0.05, 0.1) is 11.3 Å². The number of aliphatic carboxylic acids is 1. The number of anilines is 1. The largest absolute Gasteiger partial charge is 0.481 e. The number of nitro groups is 1. The van der Waals surface area contributed by atoms with Crippen LogP contribution in [-0.2, 0) is 4.79 Å². The zero-order chi connectivity index (χ0) is 21.1. The number of carbonyl (C=O) groups is 1. The summed E-state index contributed by atoms with van der Waals surface area (Å²) in [5.41, 5.74) is 0.255. The monoisotopic (exact) mass is 399 g/mol. The molecule has 1 aromatic rings. The Morgan fingerprint density at radius 2 is 2.00 bits per heavy atom. The van der Waals surface area contributed by atoms with E-state index < -0.39 is 22.7 Å². The maximum Gasteiger partial charge on any atom is 0.311 e. The second-order valence-corrected chi connectivity index (χ2v) is 8.00. The predicted molar refractivity (Wildman–Crippen MR) is 101 cm³/mol. The number of halogens is 2. The molecule has 0 bridgehead atoms. The van der Waals surface area contributed by atoms with Crippen LogP contribution in [0.1, 0.15) is 64.4 Å². The molecule has 0 amide bonds. The van der Waals surface area contributed by atoms with Crippen LogP contribution in [0.5, 0.6) is 0 Å². The Balaban J connectivity index is 2.38. The number of aromatic nitrogens is 1. The lowest BCUT2D eigenvalue weighted by atomic mass is 9.90. The van der Waals surface area contributed by atoms with E-state index in [1.807, 2.05) is 13.8 Å². The number of hydrogen-bond donors (Lipinski definition) is 1. The molecule has 9 heteroatoms. The molecular formula is C19H27F2N3O4. The van der Waals surface area contributed by atoms with Gasteiger partial charge >= 0.3 is 11.7 Å². The normalized spacial score (nSPS) is 18.1. The second kappa shape index (κ2) is 8.79. The quantitative estimate of drug-likeness (QED) is 0.507. The van der Waals surface area contributed by atoms with Crippen molar-refractivity contribution in [2.24, 2.45) is 5.92 Å². The Morgan fingerprint density at radius 3 is 2.50 bits per heavy atom. The highest BCUT2D eigenvalue weighted by molar-refractivity contribution is 5.68. The molecule has 2 rings (SSSR count). The van der Waals surface area contributed by atoms with Gasteiger partial charge in [-0.05, 0) is 30.2 Å². The molecule has 0 aliphatic heterocycles. The van der Waals surface area contributed by atoms with Crippen LogP contribution in [0.25, 0.3) is 0 Å². The third kappa shape index (κ3) is 5.59. The van der Waals surface area contributed by atoms with Crippen LogP contribution in [0.15, 0.2) is 12.3 Å². The fourth-order valence-electron chi connectivity index (χ4n) is 3.60. The average molecular weight is 399 g/mol. The van der Waals surface area contributed by atoms with Gasteiger partial charge in [-0.15, -0.1) is 0 Å². The van der Waals surface area contributed by atoms with Crippen molar-refractivity contribution in [1.82, 2.24) is 4.98 Å². The molecule has 1 atom stereocenters. The van der Waals surface area contributed by atoms with Crippen molar-refractivity contribution in [3.8, 4) is 0 Å². The summed E-state index contributed by atoms with van der Waals surface area (Å²) >= 11 is 0. The summed E-state index contributed by atoms with van der Waals surface area (Å²) in [7, 11) is 0. The Labute approximate surface area is 162 Å². The smallest absolute Gasteiger partial charge is 0.311 e. The molecule has 1 aliphatic carbocycles. The van der Waals surface area contributed by atoms with Crippen molar-refractivity contribution in [1.29, 1.82) is 0 Å². The van der Waals surface area contributed by atoms with Crippen LogP contribution in [0.4, 0.5) is 20.3 Å². The van der Waals surface area contributed by atoms with Crippen molar-refractivity contribution in [2.75, 3.05) is 11.4 Å². The van der Waals surface area contributed by atoms with Crippen LogP contribution in [0.2, 0.25) is 0 Å². The lowest BCUT2D eigenvalue weighted by Gasteiger charge is -2.38. The SMILES string of the molecule is CC(C)CN(c1ncc(C(C)CC(=O)O)cc1[N+](=O)[O-])C1CCC(F)(F)CC1. The van der Waals surface area contributed by atoms with E-state index in [1.54, 1.807) is 11.8 Å². The van der Waals surface area contributed by atoms with Gasteiger partial charge in [-0.2, -0.15) is 0 Å². The minimum atomic E-state index is -2.69. The van der Waals surface area contributed by atoms with Crippen molar-refractivity contribution in [3.05, 3.63) is 27.9 Å². The molecule has 7 nitrogen and oxygen atoms in total. The van der Waals surface area contributed by atoms with Crippen LogP contribution < -0.4 is 4.90 Å². The molecule has 1 unspecified atom stereocenters. The molecule has 28 heavy (non-hydrogen) atoms. The third-order valence-electron chi connectivity index (χ3n) is 5.08. The van der Waals surface area contributed by atoms with Crippen LogP contribution in [-0.4, -0.2) is 39.5 Å². The Bertz CT molecular complexity index is 717. The van der Waals surface area contributed by atoms with Crippen LogP contribution in [0.3, 0.4) is 0 Å². The Hall–Kier alpha value is -2.32. The second-order valence-electron chi connectivity index (χ2n) is 8.00. The summed E-state index contributed by atoms with van der Waals surface area (Å²) in [4.78, 5) is 28.2. The maximum absolute atomic E-state index is 13.6. The molecular weight excluding hydrogens is 372 g/mol. The zero-order valence-electron chi connectivity index (χ0n) is 16.4. The van der Waals surface area contributed by atoms with Gasteiger partial charge in [-0.3, -0.25) is 14.9 Å². The van der Waals surface area contributed by atoms with Gasteiger partial charge in [-0.25, -0.2) is 13.8 Å². The van der Waals surface area contributed by atoms with E-state index in [9.17, 15) is 23.7 Å². The molecule has 1 aliphatic rings. The summed E-state index contributed by atoms with van der Waals surface area (Å²) in [5.74, 6) is -3.78. The highest BCUT2D eigenvalue weighted by atomic mass is 19.3. The van der Waals surface area contributed by atoms with Gasteiger partial charge in [0.25, 0.3) is 0 Å². The number of carboxylic acid groups (broad SMARTS) is 1. The van der Waals surface area contributed by atoms with Gasteiger partial charge in [-0.1, -0.05) is 20.8 Å². The number of alkyl halides is 2. The summed E-state index contributed by atoms with van der Waals surface area (Å²) in [6, 6.07) is 1.12. The molecule has 1 saturated carbocycles. The molecule has 1 fully saturated rings. The van der Waals surface area contributed by atoms with E-state index in [1.165, 1.54) is 12.3 Å². The third-order valence-corrected chi connectivity index (χ3v) is 5.08. The average Bonchev–Trinajstić information content (AvgIpc) is 2.58. The molecule has 0 saturated heterocycles. The first kappa shape index (κ1) is 22.0. The predicted octanol–water partition coefficient (Wildman–Crippen LogP) is 4.61. The van der Waals surface area contributed by atoms with Gasteiger partial charge < -0.3 is 10.0 Å². The van der Waals surface area contributed by atoms with Crippen molar-refractivity contribution in [2.45, 2.75) is 70.8 Å². The van der Waals surface area contributed by atoms with Crippen molar-refractivity contribution < 1.29 is 23.6 Å². The van der Waals surface area contributed by atoms with Gasteiger partial charge in [0.15, 0.2) is 0 Å². The van der Waals surface area contributed by atoms with Crippen LogP contribution in [0, 0.1) is 16.0 Å². The molecule has 0 radical (unpaired) electrons. The maximum atomic E-state index is 13.6. The molecule has 1 heterocycles. The number of pyridine rings is 1. The van der Waals surface area contributed by atoms with E-state index in [0.717, 1.165) is 0 Å². The number of nitrogens with zero attached hydrogens (tertiary/aromatic N) is 3. The highest BCUT2D eigenvalue weighted by Gasteiger charge is 2.39. The van der Waals surface area contributed by atoms with Gasteiger partial charge in [0.2, 0.25) is 11.7 Å². The number of hydrogen-bond acceptors (Lipinski definition) is 5. The van der Waals surface area contributed by atoms with E-state index in [0.29, 0.717) is 12.1 Å². The first-order valence-electron chi connectivity index (χ1n) is 9.50. The standard InChI is InChI=1S/C19H27F2N3O4/c1-12(2)11-23(15-4-6-19(20,21)7-5-15)18-16(24(27)28)9-14(10-22-18)13(3)8-17(25)26/h9-10,12-13,15H,4-8,11H2,1-3H3,(H,25,26). The van der Waals surface area contributed by atoms with E-state index in [-0.39, 0.29) is 55.6 Å². The van der Waals surface area contributed by atoms with Gasteiger partial charge in [0, 0.05) is 37.7 Å². The lowest BCUT2D eigenvalue weighted by molar-refractivity contribution is -0.384. The first-order valence-corrected chi connectivity index (χ1v) is 9.50. The number of rotatable bonds is 8. The highest BCUT2D eigenvalue weighted by Crippen LogP contribution is 2.39. The van der Waals surface area contributed by atoms with E-state index in [2.05, 4.69) is 4.98 Å². The Morgan fingerprint density at radius 1 is 1.39 bits per heavy atom. The summed E-state index contributed by atoms with van der Waals surface area (Å²) in [5, 5.41) is 20.7. The van der Waals surface area contributed by atoms with Crippen LogP contribution >= 0.6 is 0 Å². The molecule has 0 spiro atoms. The van der Waals surface area contributed by atoms with Gasteiger partial charge in [0.1, 0.15) is 0 Å². The summed E-state index contributed by atoms with van der Waals surface area (Å²) in [6.07, 6.45) is 1.30. The summed E-state index contributed by atoms with van der Waals surface area (Å²) < 4.78 is 27.1. The minimum Gasteiger partial charge on any atom is -0.481 e. The van der Waals surface area contributed by atoms with E-state index in [4.69, 9.17) is 5.11 Å². The first-order chi connectivity index (χ1) is 13.0. The van der Waals surface area contributed by atoms with Crippen molar-refractivity contribution >= 4 is 17.5 Å². The summed E-state index contributed by atoms with van der Waals surface area (Å²) in [6.45, 7) is 6.05. The Kier molecular flexibility index (Phi) is 6.90. The lowest BCUT2D eigenvalue weighted by Crippen LogP contribution is -2.43. The fourth-order valence-corrected chi connectivity index (χ4v) is 3.60.